The third-order valence-electron chi connectivity index (χ3n) is 3.52. The van der Waals surface area contributed by atoms with Gasteiger partial charge in [-0.2, -0.15) is 0 Å². The molecular weight excluding hydrogens is 342 g/mol. The number of aromatic amines is 1. The Morgan fingerprint density at radius 2 is 1.85 bits per heavy atom. The molecule has 3 aromatic rings. The van der Waals surface area contributed by atoms with Crippen LogP contribution in [0, 0.1) is 5.82 Å². The van der Waals surface area contributed by atoms with Crippen LogP contribution >= 0.6 is 0 Å². The summed E-state index contributed by atoms with van der Waals surface area (Å²) in [6.07, 6.45) is 1.40. The van der Waals surface area contributed by atoms with Gasteiger partial charge in [0.05, 0.1) is 5.56 Å². The minimum Gasteiger partial charge on any atom is -0.457 e. The smallest absolute Gasteiger partial charge is 0.259 e. The number of carbonyl (C=O) groups is 1. The number of amides is 1. The molecule has 1 amide bonds. The van der Waals surface area contributed by atoms with Gasteiger partial charge in [-0.25, -0.2) is 8.78 Å². The van der Waals surface area contributed by atoms with E-state index in [0.717, 1.165) is 0 Å². The molecule has 0 saturated heterocycles. The number of carbonyl (C=O) groups excluding carboxylic acids is 1. The van der Waals surface area contributed by atoms with Crippen molar-refractivity contribution in [1.82, 2.24) is 4.98 Å². The molecule has 0 atom stereocenters. The average molecular weight is 356 g/mol. The van der Waals surface area contributed by atoms with Crippen molar-refractivity contribution in [1.29, 1.82) is 0 Å². The number of halogens is 2. The second-order valence-electron chi connectivity index (χ2n) is 5.42. The van der Waals surface area contributed by atoms with Gasteiger partial charge in [0.15, 0.2) is 0 Å². The molecule has 0 aliphatic heterocycles. The predicted molar refractivity (Wildman–Crippen MR) is 92.7 cm³/mol. The Balaban J connectivity index is 1.91. The summed E-state index contributed by atoms with van der Waals surface area (Å²) < 4.78 is 31.6. The van der Waals surface area contributed by atoms with Crippen LogP contribution in [0.2, 0.25) is 0 Å². The first kappa shape index (κ1) is 17.3. The minimum absolute atomic E-state index is 0.120. The fraction of sp³-hybridized carbons (Fsp3) is 0.0526. The van der Waals surface area contributed by atoms with Crippen LogP contribution in [-0.2, 0) is 6.67 Å². The molecule has 132 valence electrons. The maximum Gasteiger partial charge on any atom is 0.259 e. The number of H-pyrrole nitrogens is 1. The molecule has 0 unspecified atom stereocenters. The summed E-state index contributed by atoms with van der Waals surface area (Å²) in [4.78, 5) is 26.3. The third kappa shape index (κ3) is 4.13. The number of alkyl halides is 1. The van der Waals surface area contributed by atoms with Gasteiger partial charge in [-0.05, 0) is 48.0 Å². The highest BCUT2D eigenvalue weighted by Gasteiger charge is 2.15. The number of benzene rings is 2. The Bertz CT molecular complexity index is 985. The molecule has 2 N–H and O–H groups in total. The van der Waals surface area contributed by atoms with E-state index in [0.29, 0.717) is 17.0 Å². The molecule has 7 heteroatoms. The van der Waals surface area contributed by atoms with Gasteiger partial charge in [-0.3, -0.25) is 9.59 Å². The lowest BCUT2D eigenvalue weighted by molar-refractivity contribution is 0.102. The van der Waals surface area contributed by atoms with Crippen molar-refractivity contribution in [2.45, 2.75) is 6.67 Å². The SMILES string of the molecule is O=C(Nc1cc[nH]c(=O)c1)c1ccc(CF)cc1Oc1ccc(F)cc1. The van der Waals surface area contributed by atoms with E-state index >= 15 is 0 Å². The number of anilines is 1. The molecule has 3 rings (SSSR count). The number of nitrogens with one attached hydrogen (secondary N) is 2. The Labute approximate surface area is 147 Å². The number of pyridine rings is 1. The molecule has 26 heavy (non-hydrogen) atoms. The van der Waals surface area contributed by atoms with Gasteiger partial charge in [-0.15, -0.1) is 0 Å². The van der Waals surface area contributed by atoms with Crippen LogP contribution in [0.25, 0.3) is 0 Å². The van der Waals surface area contributed by atoms with Crippen molar-refractivity contribution < 1.29 is 18.3 Å². The lowest BCUT2D eigenvalue weighted by Gasteiger charge is -2.12. The van der Waals surface area contributed by atoms with E-state index in [1.807, 2.05) is 0 Å². The van der Waals surface area contributed by atoms with E-state index in [2.05, 4.69) is 10.3 Å². The fourth-order valence-electron chi connectivity index (χ4n) is 2.27. The van der Waals surface area contributed by atoms with E-state index in [1.54, 1.807) is 0 Å². The largest absolute Gasteiger partial charge is 0.457 e. The van der Waals surface area contributed by atoms with Crippen molar-refractivity contribution >= 4 is 11.6 Å². The van der Waals surface area contributed by atoms with Gasteiger partial charge in [-0.1, -0.05) is 6.07 Å². The summed E-state index contributed by atoms with van der Waals surface area (Å²) >= 11 is 0. The molecule has 0 radical (unpaired) electrons. The second kappa shape index (κ2) is 7.60. The van der Waals surface area contributed by atoms with Crippen LogP contribution in [0.15, 0.2) is 65.6 Å². The zero-order valence-corrected chi connectivity index (χ0v) is 13.5. The Hall–Kier alpha value is -3.48. The lowest BCUT2D eigenvalue weighted by atomic mass is 10.1. The van der Waals surface area contributed by atoms with Crippen molar-refractivity contribution in [3.8, 4) is 11.5 Å². The lowest BCUT2D eigenvalue weighted by Crippen LogP contribution is -2.15. The maximum atomic E-state index is 13.0. The van der Waals surface area contributed by atoms with Crippen LogP contribution in [0.3, 0.4) is 0 Å². The highest BCUT2D eigenvalue weighted by atomic mass is 19.1. The Morgan fingerprint density at radius 1 is 1.08 bits per heavy atom. The number of hydrogen-bond donors (Lipinski definition) is 2. The van der Waals surface area contributed by atoms with E-state index in [-0.39, 0.29) is 16.9 Å². The molecule has 0 aliphatic carbocycles. The van der Waals surface area contributed by atoms with Crippen LogP contribution in [-0.4, -0.2) is 10.9 Å². The standard InChI is InChI=1S/C19H14F2N2O3/c20-11-12-1-6-16(19(25)23-14-7-8-22-18(24)10-14)17(9-12)26-15-4-2-13(21)3-5-15/h1-10H,11H2,(H2,22,23,24,25). The Morgan fingerprint density at radius 3 is 2.54 bits per heavy atom. The van der Waals surface area contributed by atoms with Gasteiger partial charge in [0.1, 0.15) is 24.0 Å². The molecule has 0 bridgehead atoms. The van der Waals surface area contributed by atoms with Crippen LogP contribution in [0.1, 0.15) is 15.9 Å². The van der Waals surface area contributed by atoms with Crippen LogP contribution < -0.4 is 15.6 Å². The highest BCUT2D eigenvalue weighted by Crippen LogP contribution is 2.28. The number of aromatic nitrogens is 1. The molecule has 1 heterocycles. The van der Waals surface area contributed by atoms with E-state index in [4.69, 9.17) is 4.74 Å². The van der Waals surface area contributed by atoms with Gasteiger partial charge < -0.3 is 15.0 Å². The molecule has 2 aromatic carbocycles. The highest BCUT2D eigenvalue weighted by molar-refractivity contribution is 6.06. The van der Waals surface area contributed by atoms with Gasteiger partial charge >= 0.3 is 0 Å². The average Bonchev–Trinajstić information content (AvgIpc) is 2.63. The Kier molecular flexibility index (Phi) is 5.07. The number of rotatable bonds is 5. The topological polar surface area (TPSA) is 71.2 Å². The fourth-order valence-corrected chi connectivity index (χ4v) is 2.27. The van der Waals surface area contributed by atoms with Crippen molar-refractivity contribution in [3.05, 3.63) is 88.1 Å². The van der Waals surface area contributed by atoms with Gasteiger partial charge in [0, 0.05) is 18.0 Å². The molecule has 5 nitrogen and oxygen atoms in total. The number of hydrogen-bond acceptors (Lipinski definition) is 3. The summed E-state index contributed by atoms with van der Waals surface area (Å²) in [5.41, 5.74) is 0.418. The molecule has 0 saturated carbocycles. The zero-order chi connectivity index (χ0) is 18.5. The first-order valence-corrected chi connectivity index (χ1v) is 7.67. The third-order valence-corrected chi connectivity index (χ3v) is 3.52. The summed E-state index contributed by atoms with van der Waals surface area (Å²) in [5, 5.41) is 2.58. The monoisotopic (exact) mass is 356 g/mol. The second-order valence-corrected chi connectivity index (χ2v) is 5.42. The van der Waals surface area contributed by atoms with Crippen molar-refractivity contribution in [2.24, 2.45) is 0 Å². The summed E-state index contributed by atoms with van der Waals surface area (Å²) in [6, 6.07) is 12.3. The summed E-state index contributed by atoms with van der Waals surface area (Å²) in [5.74, 6) is -0.540. The van der Waals surface area contributed by atoms with E-state index in [9.17, 15) is 18.4 Å². The summed E-state index contributed by atoms with van der Waals surface area (Å²) in [7, 11) is 0. The first-order valence-electron chi connectivity index (χ1n) is 7.67. The van der Waals surface area contributed by atoms with Crippen molar-refractivity contribution in [3.63, 3.8) is 0 Å². The maximum absolute atomic E-state index is 13.0. The van der Waals surface area contributed by atoms with Crippen LogP contribution in [0.5, 0.6) is 11.5 Å². The first-order chi connectivity index (χ1) is 12.5. The van der Waals surface area contributed by atoms with Crippen LogP contribution in [0.4, 0.5) is 14.5 Å². The molecular formula is C19H14F2N2O3. The number of ether oxygens (including phenoxy) is 1. The van der Waals surface area contributed by atoms with E-state index < -0.39 is 18.4 Å². The minimum atomic E-state index is -0.726. The van der Waals surface area contributed by atoms with Gasteiger partial charge in [0.25, 0.3) is 5.91 Å². The molecule has 0 aliphatic rings. The van der Waals surface area contributed by atoms with E-state index in [1.165, 1.54) is 60.8 Å². The quantitative estimate of drug-likeness (QED) is 0.725. The predicted octanol–water partition coefficient (Wildman–Crippen LogP) is 4.03. The van der Waals surface area contributed by atoms with Crippen molar-refractivity contribution in [2.75, 3.05) is 5.32 Å². The molecule has 1 aromatic heterocycles. The normalized spacial score (nSPS) is 10.4. The van der Waals surface area contributed by atoms with Gasteiger partial charge in [0.2, 0.25) is 5.56 Å². The summed E-state index contributed by atoms with van der Waals surface area (Å²) in [6.45, 7) is -0.726. The zero-order valence-electron chi connectivity index (χ0n) is 13.5. The molecule has 0 fully saturated rings. The molecule has 0 spiro atoms.